The number of hydrogen-bond donors (Lipinski definition) is 1. The van der Waals surface area contributed by atoms with Crippen LogP contribution in [0.1, 0.15) is 5.56 Å². The smallest absolute Gasteiger partial charge is 0.269 e. The fourth-order valence-electron chi connectivity index (χ4n) is 1.42. The van der Waals surface area contributed by atoms with E-state index in [1.54, 1.807) is 13.3 Å². The number of aryl methyl sites for hydroxylation is 1. The van der Waals surface area contributed by atoms with Gasteiger partial charge in [0, 0.05) is 45.4 Å². The summed E-state index contributed by atoms with van der Waals surface area (Å²) in [7, 11) is -5.04. The van der Waals surface area contributed by atoms with Crippen LogP contribution >= 0.6 is 14.7 Å². The molecule has 0 aliphatic carbocycles. The Hall–Kier alpha value is -2.83. The second kappa shape index (κ2) is 18.9. The lowest BCUT2D eigenvalue weighted by atomic mass is 10.2. The Kier molecular flexibility index (Phi) is 23.4. The van der Waals surface area contributed by atoms with Crippen LogP contribution in [0.5, 0.6) is 11.5 Å². The summed E-state index contributed by atoms with van der Waals surface area (Å²) in [6, 6.07) is 12.2. The standard InChI is InChI=1S/C9H13O2P.C6H5NO3.C2H7O2P.CHN.2FH.H2O/c1-8-4-6-9(7-5-8)11-12(2,3)10;8-6-3-1-5(2-4-6)7(9)10;1-5(2,3)4;1-2;;;/h4-7H,1-3H3;1-4,8H;1-2H3,(H,3,4);1H;2*1H;1H2/p-2. The molecule has 0 saturated carbocycles. The zero-order valence-corrected chi connectivity index (χ0v) is 19.9. The minimum absolute atomic E-state index is 0. The van der Waals surface area contributed by atoms with Gasteiger partial charge in [-0.3, -0.25) is 28.7 Å². The minimum Gasteiger partial charge on any atom is -0.872 e. The molecule has 32 heavy (non-hydrogen) atoms. The van der Waals surface area contributed by atoms with Crippen molar-refractivity contribution in [1.82, 2.24) is 0 Å². The van der Waals surface area contributed by atoms with Crippen LogP contribution in [0.15, 0.2) is 48.5 Å². The maximum atomic E-state index is 11.2. The maximum Gasteiger partial charge on any atom is 0.269 e. The van der Waals surface area contributed by atoms with Crippen molar-refractivity contribution in [3.05, 3.63) is 64.2 Å². The molecule has 10 nitrogen and oxygen atoms in total. The Bertz CT molecular complexity index is 859. The van der Waals surface area contributed by atoms with Crippen molar-refractivity contribution in [1.29, 1.82) is 5.26 Å². The molecule has 0 heterocycles. The number of nitriles is 1. The van der Waals surface area contributed by atoms with Gasteiger partial charge in [0.1, 0.15) is 5.75 Å². The number of hydrogen-bond acceptors (Lipinski definition) is 8. The third-order valence-electron chi connectivity index (χ3n) is 2.39. The Labute approximate surface area is 185 Å². The Balaban J connectivity index is -0.000000111. The fraction of sp³-hybridized carbons (Fsp3) is 0.278. The van der Waals surface area contributed by atoms with Gasteiger partial charge in [-0.2, -0.15) is 0 Å². The summed E-state index contributed by atoms with van der Waals surface area (Å²) in [5.41, 5.74) is 1.11. The molecule has 14 heteroatoms. The van der Waals surface area contributed by atoms with Crippen molar-refractivity contribution in [3.8, 4) is 18.1 Å². The van der Waals surface area contributed by atoms with Crippen molar-refractivity contribution in [2.24, 2.45) is 0 Å². The van der Waals surface area contributed by atoms with E-state index >= 15 is 0 Å². The van der Waals surface area contributed by atoms with Gasteiger partial charge in [-0.05, 0) is 19.1 Å². The van der Waals surface area contributed by atoms with Gasteiger partial charge < -0.3 is 20.0 Å². The summed E-state index contributed by atoms with van der Waals surface area (Å²) >= 11 is 0. The molecule has 0 spiro atoms. The largest absolute Gasteiger partial charge is 0.872 e. The molecule has 2 aromatic rings. The molecule has 2 rings (SSSR count). The zero-order chi connectivity index (χ0) is 23.3. The van der Waals surface area contributed by atoms with Crippen molar-refractivity contribution >= 4 is 20.4 Å². The fourth-order valence-corrected chi connectivity index (χ4v) is 2.05. The number of nitro groups is 1. The summed E-state index contributed by atoms with van der Waals surface area (Å²) < 4.78 is 26.2. The molecule has 0 aliphatic rings. The van der Waals surface area contributed by atoms with Gasteiger partial charge in [0.25, 0.3) is 5.69 Å². The summed E-state index contributed by atoms with van der Waals surface area (Å²) in [5, 5.41) is 26.9. The Morgan fingerprint density at radius 2 is 1.28 bits per heavy atom. The minimum atomic E-state index is -2.64. The van der Waals surface area contributed by atoms with E-state index < -0.39 is 19.7 Å². The van der Waals surface area contributed by atoms with Crippen LogP contribution in [0.4, 0.5) is 15.1 Å². The first-order valence-corrected chi connectivity index (χ1v) is 13.0. The van der Waals surface area contributed by atoms with E-state index in [-0.39, 0.29) is 26.3 Å². The van der Waals surface area contributed by atoms with E-state index in [0.717, 1.165) is 12.1 Å². The first-order chi connectivity index (χ1) is 13.2. The second-order valence-corrected chi connectivity index (χ2v) is 11.5. The van der Waals surface area contributed by atoms with Crippen LogP contribution in [-0.2, 0) is 9.13 Å². The molecule has 0 unspecified atom stereocenters. The predicted octanol–water partition coefficient (Wildman–Crippen LogP) is 4.36. The van der Waals surface area contributed by atoms with Crippen molar-refractivity contribution < 1.29 is 43.5 Å². The van der Waals surface area contributed by atoms with Gasteiger partial charge in [-0.15, -0.1) is 5.75 Å². The van der Waals surface area contributed by atoms with Gasteiger partial charge in [0.2, 0.25) is 7.37 Å². The molecule has 2 N–H and O–H groups in total. The topological polar surface area (TPSA) is 184 Å². The lowest BCUT2D eigenvalue weighted by Gasteiger charge is -2.09. The normalized spacial score (nSPS) is 9.00. The third-order valence-corrected chi connectivity index (χ3v) is 3.04. The molecule has 0 saturated heterocycles. The first-order valence-electron chi connectivity index (χ1n) is 7.93. The van der Waals surface area contributed by atoms with Crippen LogP contribution in [0.3, 0.4) is 0 Å². The van der Waals surface area contributed by atoms with E-state index in [1.807, 2.05) is 31.2 Å². The Morgan fingerprint density at radius 1 is 0.938 bits per heavy atom. The van der Waals surface area contributed by atoms with Crippen LogP contribution in [0.2, 0.25) is 0 Å². The lowest BCUT2D eigenvalue weighted by Crippen LogP contribution is -1.90. The molecular formula is C18H28F2N2O8P2-2. The SMILES string of the molecule is C#N.CP(C)(=O)O.Cc1ccc(OP(C)(C)=O)cc1.F.F.O=[N+]([O-])c1ccc([O-])cc1.[OH-]. The predicted molar refractivity (Wildman–Crippen MR) is 119 cm³/mol. The number of nitrogens with zero attached hydrogens (tertiary/aromatic N) is 2. The molecule has 0 radical (unpaired) electrons. The molecule has 0 atom stereocenters. The average Bonchev–Trinajstić information content (AvgIpc) is 2.57. The van der Waals surface area contributed by atoms with Gasteiger partial charge in [0.05, 0.1) is 4.92 Å². The highest BCUT2D eigenvalue weighted by atomic mass is 31.2. The molecule has 2 aromatic carbocycles. The van der Waals surface area contributed by atoms with Crippen LogP contribution in [-0.4, -0.2) is 42.0 Å². The van der Waals surface area contributed by atoms with Crippen LogP contribution in [0, 0.1) is 28.9 Å². The van der Waals surface area contributed by atoms with Crippen LogP contribution < -0.4 is 9.63 Å². The zero-order valence-electron chi connectivity index (χ0n) is 18.1. The molecule has 0 aromatic heterocycles. The van der Waals surface area contributed by atoms with E-state index in [2.05, 4.69) is 6.57 Å². The van der Waals surface area contributed by atoms with Crippen molar-refractivity contribution in [2.75, 3.05) is 26.7 Å². The maximum absolute atomic E-state index is 11.2. The molecule has 0 bridgehead atoms. The van der Waals surface area contributed by atoms with E-state index in [0.29, 0.717) is 5.75 Å². The van der Waals surface area contributed by atoms with E-state index in [1.165, 1.54) is 31.0 Å². The quantitative estimate of drug-likeness (QED) is 0.363. The number of benzene rings is 2. The highest BCUT2D eigenvalue weighted by Gasteiger charge is 2.07. The van der Waals surface area contributed by atoms with Crippen molar-refractivity contribution in [2.45, 2.75) is 6.92 Å². The highest BCUT2D eigenvalue weighted by Crippen LogP contribution is 2.38. The monoisotopic (exact) mass is 500 g/mol. The number of nitro benzene ring substituents is 1. The van der Waals surface area contributed by atoms with Crippen molar-refractivity contribution in [3.63, 3.8) is 0 Å². The second-order valence-electron chi connectivity index (χ2n) is 6.20. The molecule has 184 valence electrons. The summed E-state index contributed by atoms with van der Waals surface area (Å²) in [6.07, 6.45) is 0. The average molecular weight is 500 g/mol. The summed E-state index contributed by atoms with van der Waals surface area (Å²) in [5.74, 6) is 0.458. The third kappa shape index (κ3) is 27.2. The molecule has 0 fully saturated rings. The molecule has 0 aliphatic heterocycles. The summed E-state index contributed by atoms with van der Waals surface area (Å²) in [4.78, 5) is 17.5. The number of halogens is 2. The van der Waals surface area contributed by atoms with E-state index in [4.69, 9.17) is 14.7 Å². The number of non-ortho nitro benzene ring substituents is 1. The summed E-state index contributed by atoms with van der Waals surface area (Å²) in [6.45, 7) is 11.3. The van der Waals surface area contributed by atoms with Crippen LogP contribution in [0.25, 0.3) is 0 Å². The number of rotatable bonds is 3. The van der Waals surface area contributed by atoms with Gasteiger partial charge in [0.15, 0.2) is 7.37 Å². The van der Waals surface area contributed by atoms with Gasteiger partial charge >= 0.3 is 0 Å². The van der Waals surface area contributed by atoms with Gasteiger partial charge in [-0.1, -0.05) is 29.8 Å². The molecule has 0 amide bonds. The first kappa shape index (κ1) is 39.6. The highest BCUT2D eigenvalue weighted by molar-refractivity contribution is 7.57. The lowest BCUT2D eigenvalue weighted by molar-refractivity contribution is -0.385. The van der Waals surface area contributed by atoms with E-state index in [9.17, 15) is 24.4 Å². The molecular weight excluding hydrogens is 472 g/mol. The van der Waals surface area contributed by atoms with Gasteiger partial charge in [-0.25, -0.2) is 5.26 Å². The Morgan fingerprint density at radius 3 is 1.56 bits per heavy atom.